The van der Waals surface area contributed by atoms with Crippen molar-refractivity contribution < 1.29 is 24.8 Å². The molecule has 2 rings (SSSR count). The Labute approximate surface area is 90.9 Å². The molecule has 0 spiro atoms. The van der Waals surface area contributed by atoms with Crippen molar-refractivity contribution >= 4 is 17.0 Å². The van der Waals surface area contributed by atoms with Gasteiger partial charge >= 0.3 is 0 Å². The highest BCUT2D eigenvalue weighted by molar-refractivity contribution is 8.14. The summed E-state index contributed by atoms with van der Waals surface area (Å²) in [5, 5.41) is 28.7. The van der Waals surface area contributed by atoms with Gasteiger partial charge in [0.2, 0.25) is 5.23 Å². The Bertz CT molecular complexity index is 274. The minimum atomic E-state index is -1.11. The molecule has 7 heteroatoms. The molecule has 0 amide bonds. The highest BCUT2D eigenvalue weighted by atomic mass is 32.2. The van der Waals surface area contributed by atoms with E-state index in [0.717, 1.165) is 0 Å². The van der Waals surface area contributed by atoms with Crippen LogP contribution in [0.4, 0.5) is 0 Å². The molecule has 1 fully saturated rings. The molecule has 86 valence electrons. The Morgan fingerprint density at radius 1 is 1.47 bits per heavy atom. The quantitative estimate of drug-likeness (QED) is 0.514. The van der Waals surface area contributed by atoms with Crippen LogP contribution in [0.15, 0.2) is 4.99 Å². The molecular weight excluding hydrogens is 222 g/mol. The van der Waals surface area contributed by atoms with E-state index < -0.39 is 29.8 Å². The maximum atomic E-state index is 9.75. The lowest BCUT2D eigenvalue weighted by atomic mass is 9.99. The van der Waals surface area contributed by atoms with Gasteiger partial charge in [0.25, 0.3) is 0 Å². The van der Waals surface area contributed by atoms with E-state index in [1.807, 2.05) is 0 Å². The van der Waals surface area contributed by atoms with Crippen LogP contribution in [0.3, 0.4) is 0 Å². The number of thioether (sulfide) groups is 1. The summed E-state index contributed by atoms with van der Waals surface area (Å²) in [5.41, 5.74) is -0.393. The Morgan fingerprint density at radius 2 is 2.20 bits per heavy atom. The molecule has 2 heterocycles. The molecule has 0 radical (unpaired) electrons. The van der Waals surface area contributed by atoms with Gasteiger partial charge in [-0.25, -0.2) is 4.99 Å². The predicted octanol–water partition coefficient (Wildman–Crippen LogP) is -1.46. The number of methoxy groups -OCH3 is 1. The Hall–Kier alpha value is -0.340. The fourth-order valence-electron chi connectivity index (χ4n) is 1.65. The van der Waals surface area contributed by atoms with E-state index in [1.165, 1.54) is 18.9 Å². The van der Waals surface area contributed by atoms with Gasteiger partial charge in [0.05, 0.1) is 13.7 Å². The molecule has 15 heavy (non-hydrogen) atoms. The second-order valence-corrected chi connectivity index (χ2v) is 4.46. The third-order valence-electron chi connectivity index (χ3n) is 2.49. The number of nitrogens with zero attached hydrogens (tertiary/aromatic N) is 1. The molecule has 6 nitrogen and oxygen atoms in total. The fourth-order valence-corrected chi connectivity index (χ4v) is 2.69. The van der Waals surface area contributed by atoms with Crippen LogP contribution in [-0.4, -0.2) is 64.1 Å². The summed E-state index contributed by atoms with van der Waals surface area (Å²) < 4.78 is 10.3. The van der Waals surface area contributed by atoms with Gasteiger partial charge < -0.3 is 24.8 Å². The van der Waals surface area contributed by atoms with Gasteiger partial charge in [-0.05, 0) is 11.8 Å². The summed E-state index contributed by atoms with van der Waals surface area (Å²) in [6.45, 7) is -0.329. The van der Waals surface area contributed by atoms with Crippen molar-refractivity contribution in [3.8, 4) is 0 Å². The highest BCUT2D eigenvalue weighted by Crippen LogP contribution is 2.36. The summed E-state index contributed by atoms with van der Waals surface area (Å²) in [4.78, 5) is 4.07. The largest absolute Gasteiger partial charge is 0.476 e. The molecule has 0 saturated carbocycles. The molecule has 0 aromatic heterocycles. The van der Waals surface area contributed by atoms with Crippen molar-refractivity contribution in [1.82, 2.24) is 0 Å². The van der Waals surface area contributed by atoms with Gasteiger partial charge in [-0.2, -0.15) is 0 Å². The summed E-state index contributed by atoms with van der Waals surface area (Å²) >= 11 is 1.24. The number of hydrogen-bond donors (Lipinski definition) is 3. The lowest BCUT2D eigenvalue weighted by Crippen LogP contribution is -2.55. The molecule has 2 aliphatic rings. The van der Waals surface area contributed by atoms with Crippen LogP contribution in [0.2, 0.25) is 0 Å². The number of aliphatic hydroxyl groups excluding tert-OH is 3. The summed E-state index contributed by atoms with van der Waals surface area (Å²) in [7, 11) is 1.48. The van der Waals surface area contributed by atoms with E-state index in [1.54, 1.807) is 0 Å². The molecule has 0 bridgehead atoms. The van der Waals surface area contributed by atoms with Crippen molar-refractivity contribution in [3.63, 3.8) is 0 Å². The van der Waals surface area contributed by atoms with E-state index in [2.05, 4.69) is 4.99 Å². The SMILES string of the molecule is COC1=N[C@@H]2C(O[C@H](CO)[C@@H](O)[C@@H]2O)S1. The second kappa shape index (κ2) is 4.26. The van der Waals surface area contributed by atoms with Crippen LogP contribution in [-0.2, 0) is 9.47 Å². The first-order chi connectivity index (χ1) is 7.17. The van der Waals surface area contributed by atoms with Crippen molar-refractivity contribution in [2.24, 2.45) is 4.99 Å². The number of aliphatic hydroxyl groups is 3. The Morgan fingerprint density at radius 3 is 2.80 bits per heavy atom. The molecule has 0 aromatic carbocycles. The van der Waals surface area contributed by atoms with Crippen LogP contribution in [0.25, 0.3) is 0 Å². The Kier molecular flexibility index (Phi) is 3.17. The van der Waals surface area contributed by atoms with Gasteiger partial charge in [-0.3, -0.25) is 0 Å². The maximum absolute atomic E-state index is 9.75. The number of aliphatic imine (C=N–C) groups is 1. The minimum absolute atomic E-state index is 0.329. The van der Waals surface area contributed by atoms with Gasteiger partial charge in [0.15, 0.2) is 0 Å². The Balaban J connectivity index is 2.12. The van der Waals surface area contributed by atoms with Crippen LogP contribution >= 0.6 is 11.8 Å². The zero-order valence-corrected chi connectivity index (χ0v) is 8.92. The molecular formula is C8H13NO5S. The van der Waals surface area contributed by atoms with Crippen LogP contribution in [0.5, 0.6) is 0 Å². The highest BCUT2D eigenvalue weighted by Gasteiger charge is 2.48. The summed E-state index contributed by atoms with van der Waals surface area (Å²) in [6.07, 6.45) is -2.90. The van der Waals surface area contributed by atoms with Crippen LogP contribution in [0, 0.1) is 0 Å². The summed E-state index contributed by atoms with van der Waals surface area (Å²) in [5.74, 6) is 0. The lowest BCUT2D eigenvalue weighted by molar-refractivity contribution is -0.164. The molecule has 2 aliphatic heterocycles. The monoisotopic (exact) mass is 235 g/mol. The van der Waals surface area contributed by atoms with Crippen molar-refractivity contribution in [1.29, 1.82) is 0 Å². The normalized spacial score (nSPS) is 44.8. The number of rotatable bonds is 1. The first-order valence-corrected chi connectivity index (χ1v) is 5.46. The number of hydrogen-bond acceptors (Lipinski definition) is 7. The predicted molar refractivity (Wildman–Crippen MR) is 53.6 cm³/mol. The number of fused-ring (bicyclic) bond motifs is 1. The topological polar surface area (TPSA) is 91.5 Å². The molecule has 0 aromatic rings. The maximum Gasteiger partial charge on any atom is 0.248 e. The molecule has 0 aliphatic carbocycles. The van der Waals surface area contributed by atoms with Crippen molar-refractivity contribution in [3.05, 3.63) is 0 Å². The zero-order chi connectivity index (χ0) is 11.0. The zero-order valence-electron chi connectivity index (χ0n) is 8.11. The molecule has 1 saturated heterocycles. The summed E-state index contributed by atoms with van der Waals surface area (Å²) in [6, 6.07) is -0.525. The molecule has 3 N–H and O–H groups in total. The standard InChI is InChI=1S/C8H13NO5S/c1-13-8-9-4-6(12)5(11)3(2-10)14-7(4)15-8/h3-7,10-12H,2H2,1H3/t3-,4+,5-,6-,7?/m1/s1. The number of ether oxygens (including phenoxy) is 2. The molecule has 5 atom stereocenters. The van der Waals surface area contributed by atoms with E-state index in [-0.39, 0.29) is 6.61 Å². The second-order valence-electron chi connectivity index (χ2n) is 3.41. The third kappa shape index (κ3) is 1.85. The van der Waals surface area contributed by atoms with E-state index in [4.69, 9.17) is 14.6 Å². The van der Waals surface area contributed by atoms with Crippen LogP contribution in [0.1, 0.15) is 0 Å². The smallest absolute Gasteiger partial charge is 0.248 e. The average molecular weight is 235 g/mol. The van der Waals surface area contributed by atoms with Gasteiger partial charge in [-0.15, -0.1) is 0 Å². The van der Waals surface area contributed by atoms with E-state index in [9.17, 15) is 10.2 Å². The first kappa shape index (κ1) is 11.2. The molecule has 1 unspecified atom stereocenters. The van der Waals surface area contributed by atoms with Crippen molar-refractivity contribution in [2.75, 3.05) is 13.7 Å². The minimum Gasteiger partial charge on any atom is -0.476 e. The fraction of sp³-hybridized carbons (Fsp3) is 0.875. The van der Waals surface area contributed by atoms with Gasteiger partial charge in [-0.1, -0.05) is 0 Å². The van der Waals surface area contributed by atoms with Gasteiger partial charge in [0, 0.05) is 0 Å². The first-order valence-electron chi connectivity index (χ1n) is 4.58. The van der Waals surface area contributed by atoms with Crippen LogP contribution < -0.4 is 0 Å². The van der Waals surface area contributed by atoms with E-state index in [0.29, 0.717) is 5.23 Å². The third-order valence-corrected chi connectivity index (χ3v) is 3.59. The lowest BCUT2D eigenvalue weighted by Gasteiger charge is -2.37. The van der Waals surface area contributed by atoms with Crippen molar-refractivity contribution in [2.45, 2.75) is 29.8 Å². The average Bonchev–Trinajstić information content (AvgIpc) is 2.66. The van der Waals surface area contributed by atoms with E-state index >= 15 is 0 Å². The van der Waals surface area contributed by atoms with Gasteiger partial charge in [0.1, 0.15) is 29.8 Å².